The lowest BCUT2D eigenvalue weighted by molar-refractivity contribution is -0.172. The number of hydrogen-bond donors (Lipinski definition) is 3. The van der Waals surface area contributed by atoms with E-state index in [9.17, 15) is 29.1 Å². The third-order valence-electron chi connectivity index (χ3n) is 9.65. The van der Waals surface area contributed by atoms with Crippen molar-refractivity contribution in [2.45, 2.75) is 104 Å². The van der Waals surface area contributed by atoms with E-state index in [0.717, 1.165) is 5.56 Å². The summed E-state index contributed by atoms with van der Waals surface area (Å²) in [6.07, 6.45) is 0.00141. The Hall–Kier alpha value is -4.85. The number of alkyl carbamates (subject to hydrolysis) is 1. The van der Waals surface area contributed by atoms with Crippen LogP contribution in [0.4, 0.5) is 9.18 Å². The molecule has 1 aromatic carbocycles. The SMILES string of the molecule is CCC1(O)C(=O)OCc2c1cc1n(c2=O)Cc2c-1nc1cc(F)c(C)c3c1c2[C@@H](NC(=O)COC(=O)[C@@H](NC(=O)OC(C)(C)C)C(C)C)CC3. The number of fused-ring (bicyclic) bond motifs is 5. The van der Waals surface area contributed by atoms with E-state index in [1.807, 2.05) is 0 Å². The molecule has 0 fully saturated rings. The van der Waals surface area contributed by atoms with Gasteiger partial charge < -0.3 is 34.5 Å². The summed E-state index contributed by atoms with van der Waals surface area (Å²) in [5.74, 6) is -3.05. The fraction of sp³-hybridized carbons (Fsp3) is 0.500. The van der Waals surface area contributed by atoms with Crippen LogP contribution in [-0.4, -0.2) is 56.8 Å². The molecule has 0 saturated carbocycles. The topological polar surface area (TPSA) is 175 Å². The molecular weight excluding hydrogens is 651 g/mol. The molecule has 3 aromatic rings. The summed E-state index contributed by atoms with van der Waals surface area (Å²) in [6.45, 7) is 11.0. The Kier molecular flexibility index (Phi) is 8.74. The number of rotatable bonds is 7. The van der Waals surface area contributed by atoms with Crippen LogP contribution >= 0.6 is 0 Å². The molecular formula is C36H41FN4O9. The molecule has 0 radical (unpaired) electrons. The predicted molar refractivity (Wildman–Crippen MR) is 177 cm³/mol. The van der Waals surface area contributed by atoms with Crippen molar-refractivity contribution >= 4 is 34.8 Å². The van der Waals surface area contributed by atoms with Crippen molar-refractivity contribution in [2.75, 3.05) is 6.61 Å². The number of hydrogen-bond acceptors (Lipinski definition) is 10. The number of cyclic esters (lactones) is 1. The van der Waals surface area contributed by atoms with E-state index in [2.05, 4.69) is 10.6 Å². The van der Waals surface area contributed by atoms with Gasteiger partial charge in [0.2, 0.25) is 0 Å². The summed E-state index contributed by atoms with van der Waals surface area (Å²) in [6, 6.07) is 1.23. The first-order valence-corrected chi connectivity index (χ1v) is 16.7. The number of ether oxygens (including phenoxy) is 3. The normalized spacial score (nSPS) is 19.6. The summed E-state index contributed by atoms with van der Waals surface area (Å²) in [7, 11) is 0. The minimum Gasteiger partial charge on any atom is -0.458 e. The van der Waals surface area contributed by atoms with Crippen LogP contribution in [-0.2, 0) is 53.8 Å². The van der Waals surface area contributed by atoms with Gasteiger partial charge in [0.15, 0.2) is 12.2 Å². The number of nitrogens with one attached hydrogen (secondary N) is 2. The molecule has 2 amide bonds. The van der Waals surface area contributed by atoms with Crippen molar-refractivity contribution in [3.63, 3.8) is 0 Å². The van der Waals surface area contributed by atoms with Crippen LogP contribution in [0, 0.1) is 18.7 Å². The first kappa shape index (κ1) is 35.0. The first-order valence-electron chi connectivity index (χ1n) is 16.7. The third kappa shape index (κ3) is 5.88. The Labute approximate surface area is 287 Å². The molecule has 3 atom stereocenters. The Bertz CT molecular complexity index is 2030. The van der Waals surface area contributed by atoms with E-state index in [0.29, 0.717) is 51.8 Å². The fourth-order valence-electron chi connectivity index (χ4n) is 7.09. The van der Waals surface area contributed by atoms with Gasteiger partial charge in [-0.1, -0.05) is 20.8 Å². The number of pyridine rings is 2. The van der Waals surface area contributed by atoms with Crippen molar-refractivity contribution in [2.24, 2.45) is 5.92 Å². The van der Waals surface area contributed by atoms with Crippen molar-refractivity contribution in [3.05, 3.63) is 61.7 Å². The van der Waals surface area contributed by atoms with E-state index in [-0.39, 0.29) is 36.6 Å². The lowest BCUT2D eigenvalue weighted by Crippen LogP contribution is -2.47. The summed E-state index contributed by atoms with van der Waals surface area (Å²) in [5, 5.41) is 17.4. The first-order chi connectivity index (χ1) is 23.4. The minimum absolute atomic E-state index is 0.0213. The van der Waals surface area contributed by atoms with Crippen LogP contribution in [0.3, 0.4) is 0 Å². The third-order valence-corrected chi connectivity index (χ3v) is 9.65. The number of carbonyl (C=O) groups is 4. The monoisotopic (exact) mass is 692 g/mol. The Morgan fingerprint density at radius 1 is 1.18 bits per heavy atom. The second-order valence-corrected chi connectivity index (χ2v) is 14.4. The maximum atomic E-state index is 15.2. The highest BCUT2D eigenvalue weighted by Crippen LogP contribution is 2.46. The quantitative estimate of drug-likeness (QED) is 0.191. The van der Waals surface area contributed by atoms with Crippen LogP contribution in [0.25, 0.3) is 22.3 Å². The molecule has 1 aliphatic carbocycles. The van der Waals surface area contributed by atoms with Gasteiger partial charge in [-0.3, -0.25) is 9.59 Å². The molecule has 6 rings (SSSR count). The second kappa shape index (κ2) is 12.5. The van der Waals surface area contributed by atoms with E-state index in [4.69, 9.17) is 19.2 Å². The summed E-state index contributed by atoms with van der Waals surface area (Å²) in [5.41, 5.74) is 0.649. The smallest absolute Gasteiger partial charge is 0.408 e. The van der Waals surface area contributed by atoms with Crippen LogP contribution in [0.1, 0.15) is 93.8 Å². The van der Waals surface area contributed by atoms with Crippen LogP contribution in [0.15, 0.2) is 16.9 Å². The molecule has 1 unspecified atom stereocenters. The van der Waals surface area contributed by atoms with Gasteiger partial charge >= 0.3 is 18.0 Å². The fourth-order valence-corrected chi connectivity index (χ4v) is 7.09. The number of amides is 2. The maximum absolute atomic E-state index is 15.2. The summed E-state index contributed by atoms with van der Waals surface area (Å²) >= 11 is 0. The molecule has 0 bridgehead atoms. The van der Waals surface area contributed by atoms with Gasteiger partial charge in [0, 0.05) is 22.6 Å². The lowest BCUT2D eigenvalue weighted by atomic mass is 9.81. The average molecular weight is 693 g/mol. The number of esters is 2. The number of benzene rings is 1. The van der Waals surface area contributed by atoms with Crippen LogP contribution in [0.2, 0.25) is 0 Å². The van der Waals surface area contributed by atoms with Gasteiger partial charge in [0.05, 0.1) is 35.1 Å². The van der Waals surface area contributed by atoms with Crippen molar-refractivity contribution in [1.29, 1.82) is 0 Å². The van der Waals surface area contributed by atoms with E-state index in [1.54, 1.807) is 54.5 Å². The summed E-state index contributed by atoms with van der Waals surface area (Å²) in [4.78, 5) is 70.0. The van der Waals surface area contributed by atoms with Gasteiger partial charge in [-0.2, -0.15) is 0 Å². The highest BCUT2D eigenvalue weighted by Gasteiger charge is 2.46. The van der Waals surface area contributed by atoms with Gasteiger partial charge in [-0.15, -0.1) is 0 Å². The Balaban J connectivity index is 1.33. The molecule has 14 heteroatoms. The zero-order chi connectivity index (χ0) is 36.4. The molecule has 13 nitrogen and oxygen atoms in total. The number of halogens is 1. The number of carbonyl (C=O) groups excluding carboxylic acids is 4. The van der Waals surface area contributed by atoms with E-state index >= 15 is 4.39 Å². The highest BCUT2D eigenvalue weighted by atomic mass is 19.1. The molecule has 0 spiro atoms. The zero-order valence-corrected chi connectivity index (χ0v) is 29.1. The largest absolute Gasteiger partial charge is 0.458 e. The van der Waals surface area contributed by atoms with Crippen LogP contribution in [0.5, 0.6) is 0 Å². The van der Waals surface area contributed by atoms with Crippen molar-refractivity contribution < 1.29 is 42.9 Å². The zero-order valence-electron chi connectivity index (χ0n) is 29.1. The van der Waals surface area contributed by atoms with Crippen LogP contribution < -0.4 is 16.2 Å². The molecule has 50 heavy (non-hydrogen) atoms. The molecule has 3 aliphatic rings. The number of aliphatic hydroxyl groups is 1. The molecule has 2 aromatic heterocycles. The average Bonchev–Trinajstić information content (AvgIpc) is 3.41. The Morgan fingerprint density at radius 3 is 2.56 bits per heavy atom. The number of aryl methyl sites for hydroxylation is 1. The molecule has 3 N–H and O–H groups in total. The van der Waals surface area contributed by atoms with E-state index < -0.39 is 65.2 Å². The number of nitrogens with zero attached hydrogens (tertiary/aromatic N) is 2. The predicted octanol–water partition coefficient (Wildman–Crippen LogP) is 3.72. The molecule has 0 saturated heterocycles. The minimum atomic E-state index is -2.02. The Morgan fingerprint density at radius 2 is 1.90 bits per heavy atom. The second-order valence-electron chi connectivity index (χ2n) is 14.4. The summed E-state index contributed by atoms with van der Waals surface area (Å²) < 4.78 is 32.5. The molecule has 266 valence electrons. The van der Waals surface area contributed by atoms with Crippen molar-refractivity contribution in [3.8, 4) is 11.4 Å². The van der Waals surface area contributed by atoms with E-state index in [1.165, 1.54) is 10.6 Å². The van der Waals surface area contributed by atoms with Gasteiger partial charge in [0.1, 0.15) is 24.1 Å². The van der Waals surface area contributed by atoms with Gasteiger partial charge in [0.25, 0.3) is 11.5 Å². The molecule has 4 heterocycles. The standard InChI is InChI=1S/C36H41FN4O9/c1-8-36(47)21-11-25-30-19(13-41(25)31(43)20(21)14-49-33(36)45)28-23(10-9-18-17(4)22(37)12-24(39-30)27(18)28)38-26(42)15-48-32(44)29(16(2)3)40-34(46)50-35(5,6)7/h11-12,16,23,29,47H,8-10,13-15H2,1-7H3,(H,38,42)(H,40,46)/t23-,29-,36?/m0/s1. The molecule has 2 aliphatic heterocycles. The highest BCUT2D eigenvalue weighted by molar-refractivity contribution is 5.94. The lowest BCUT2D eigenvalue weighted by Gasteiger charge is -2.31. The van der Waals surface area contributed by atoms with Gasteiger partial charge in [-0.25, -0.2) is 23.8 Å². The van der Waals surface area contributed by atoms with Crippen molar-refractivity contribution in [1.82, 2.24) is 20.2 Å². The van der Waals surface area contributed by atoms with Gasteiger partial charge in [-0.05, 0) is 75.6 Å². The maximum Gasteiger partial charge on any atom is 0.408 e. The number of aromatic nitrogens is 2.